The quantitative estimate of drug-likeness (QED) is 0.490. The Morgan fingerprint density at radius 1 is 1.60 bits per heavy atom. The zero-order valence-electron chi connectivity index (χ0n) is 5.57. The van der Waals surface area contributed by atoms with Crippen LogP contribution in [0, 0.1) is 0 Å². The summed E-state index contributed by atoms with van der Waals surface area (Å²) in [4.78, 5) is 2.79. The van der Waals surface area contributed by atoms with Gasteiger partial charge in [0, 0.05) is 6.54 Å². The predicted molar refractivity (Wildman–Crippen MR) is 53.3 cm³/mol. The summed E-state index contributed by atoms with van der Waals surface area (Å²) in [5, 5.41) is 0.718. The summed E-state index contributed by atoms with van der Waals surface area (Å²) in [6.07, 6.45) is 0. The van der Waals surface area contributed by atoms with Gasteiger partial charge in [-0.25, -0.2) is 0 Å². The average molecular weight is 192 g/mol. The van der Waals surface area contributed by atoms with Crippen LogP contribution in [0.4, 0.5) is 0 Å². The lowest BCUT2D eigenvalue weighted by atomic mass is 10.6. The molecule has 0 N–H and O–H groups in total. The number of hydrogen-bond acceptors (Lipinski definition) is 3. The Bertz CT molecular complexity index is 180. The fraction of sp³-hybridized carbons (Fsp3) is 0.600. The van der Waals surface area contributed by atoms with Crippen LogP contribution in [0.25, 0.3) is 0 Å². The Balaban J connectivity index is 2.71. The minimum Gasteiger partial charge on any atom is -0.342 e. The van der Waals surface area contributed by atoms with E-state index in [0.29, 0.717) is 0 Å². The number of thiol groups is 1. The third-order valence-corrected chi connectivity index (χ3v) is 2.85. The molecule has 0 spiro atoms. The van der Waals surface area contributed by atoms with Crippen LogP contribution < -0.4 is 0 Å². The summed E-state index contributed by atoms with van der Waals surface area (Å²) in [5.41, 5.74) is 0. The highest BCUT2D eigenvalue weighted by atomic mass is 32.1. The zero-order chi connectivity index (χ0) is 7.72. The van der Waals surface area contributed by atoms with Gasteiger partial charge in [0.1, 0.15) is 4.99 Å². The van der Waals surface area contributed by atoms with E-state index in [2.05, 4.69) is 12.8 Å². The van der Waals surface area contributed by atoms with E-state index in [9.17, 15) is 0 Å². The van der Waals surface area contributed by atoms with Crippen LogP contribution in [0.5, 0.6) is 0 Å². The van der Waals surface area contributed by atoms with Crippen LogP contribution in [0.2, 0.25) is 0 Å². The van der Waals surface area contributed by atoms with Crippen LogP contribution in [-0.4, -0.2) is 32.4 Å². The molecule has 0 aliphatic carbocycles. The predicted octanol–water partition coefficient (Wildman–Crippen LogP) is 1.08. The number of likely N-dealkylation sites (N-methyl/N-ethyl adjacent to an activating group) is 1. The topological polar surface area (TPSA) is 6.48 Å². The summed E-state index contributed by atoms with van der Waals surface area (Å²) in [6, 6.07) is 0. The molecule has 0 bridgehead atoms. The van der Waals surface area contributed by atoms with Crippen LogP contribution in [0.3, 0.4) is 0 Å². The zero-order valence-corrected chi connectivity index (χ0v) is 8.10. The second-order valence-corrected chi connectivity index (χ2v) is 3.24. The fourth-order valence-corrected chi connectivity index (χ4v) is 1.58. The highest BCUT2D eigenvalue weighted by molar-refractivity contribution is 7.87. The Morgan fingerprint density at radius 3 is 2.40 bits per heavy atom. The van der Waals surface area contributed by atoms with E-state index in [1.165, 1.54) is 0 Å². The van der Waals surface area contributed by atoms with Crippen molar-refractivity contribution in [3.8, 4) is 0 Å². The van der Waals surface area contributed by atoms with Crippen molar-refractivity contribution in [2.45, 2.75) is 6.92 Å². The molecule has 0 aromatic heterocycles. The van der Waals surface area contributed by atoms with Crippen LogP contribution >= 0.6 is 37.3 Å². The summed E-state index contributed by atoms with van der Waals surface area (Å²) in [5.74, 6) is 0. The maximum atomic E-state index is 5.03. The smallest absolute Gasteiger partial charge is 0.187 e. The van der Waals surface area contributed by atoms with Crippen molar-refractivity contribution in [2.24, 2.45) is 0 Å². The van der Waals surface area contributed by atoms with Crippen molar-refractivity contribution in [3.63, 3.8) is 0 Å². The molecule has 0 radical (unpaired) electrons. The van der Waals surface area contributed by atoms with Crippen molar-refractivity contribution in [2.75, 3.05) is 13.1 Å². The van der Waals surface area contributed by atoms with Crippen molar-refractivity contribution < 1.29 is 0 Å². The second-order valence-electron chi connectivity index (χ2n) is 2.00. The van der Waals surface area contributed by atoms with E-state index < -0.39 is 0 Å². The first kappa shape index (κ1) is 8.23. The molecule has 5 heteroatoms. The molecule has 2 nitrogen and oxygen atoms in total. The lowest BCUT2D eigenvalue weighted by Gasteiger charge is -2.13. The number of hydrogen-bond donors (Lipinski definition) is 1. The first-order valence-corrected chi connectivity index (χ1v) is 4.19. The van der Waals surface area contributed by atoms with E-state index in [1.807, 2.05) is 11.8 Å². The number of rotatable bonds is 1. The van der Waals surface area contributed by atoms with Gasteiger partial charge in [-0.2, -0.15) is 0 Å². The number of nitrogens with zero attached hydrogens (tertiary/aromatic N) is 2. The van der Waals surface area contributed by atoms with Gasteiger partial charge >= 0.3 is 0 Å². The molecular formula is C5H8N2S3. The largest absolute Gasteiger partial charge is 0.342 e. The number of thiocarbonyl (C=S) groups is 2. The summed E-state index contributed by atoms with van der Waals surface area (Å²) in [7, 11) is 0. The lowest BCUT2D eigenvalue weighted by molar-refractivity contribution is 0.519. The van der Waals surface area contributed by atoms with Crippen LogP contribution in [-0.2, 0) is 0 Å². The van der Waals surface area contributed by atoms with Crippen molar-refractivity contribution in [1.82, 2.24) is 9.21 Å². The minimum atomic E-state index is 0.718. The Morgan fingerprint density at radius 2 is 2.20 bits per heavy atom. The molecular weight excluding hydrogens is 184 g/mol. The Hall–Kier alpha value is 0.130. The molecule has 1 fully saturated rings. The minimum absolute atomic E-state index is 0.718. The summed E-state index contributed by atoms with van der Waals surface area (Å²) < 4.78 is 1.58. The fourth-order valence-electron chi connectivity index (χ4n) is 0.786. The van der Waals surface area contributed by atoms with Gasteiger partial charge < -0.3 is 4.90 Å². The normalized spacial score (nSPS) is 19.0. The van der Waals surface area contributed by atoms with Gasteiger partial charge in [-0.1, -0.05) is 25.0 Å². The highest BCUT2D eigenvalue weighted by Crippen LogP contribution is 2.12. The van der Waals surface area contributed by atoms with Gasteiger partial charge in [-0.05, 0) is 19.1 Å². The molecule has 0 amide bonds. The molecule has 0 atom stereocenters. The SMILES string of the molecule is CCN1CC(=S)N(S)C1=S. The molecule has 1 saturated heterocycles. The lowest BCUT2D eigenvalue weighted by Crippen LogP contribution is -2.26. The van der Waals surface area contributed by atoms with Crippen LogP contribution in [0.1, 0.15) is 6.92 Å². The maximum Gasteiger partial charge on any atom is 0.187 e. The third kappa shape index (κ3) is 1.26. The molecule has 0 unspecified atom stereocenters. The molecule has 0 saturated carbocycles. The Kier molecular flexibility index (Phi) is 2.49. The monoisotopic (exact) mass is 192 g/mol. The van der Waals surface area contributed by atoms with E-state index >= 15 is 0 Å². The molecule has 1 rings (SSSR count). The van der Waals surface area contributed by atoms with E-state index in [0.717, 1.165) is 23.2 Å². The first-order chi connectivity index (χ1) is 4.66. The van der Waals surface area contributed by atoms with Crippen molar-refractivity contribution in [3.05, 3.63) is 0 Å². The average Bonchev–Trinajstić information content (AvgIpc) is 2.17. The highest BCUT2D eigenvalue weighted by Gasteiger charge is 2.25. The molecule has 1 aliphatic rings. The van der Waals surface area contributed by atoms with Crippen LogP contribution in [0.15, 0.2) is 0 Å². The Labute approximate surface area is 76.7 Å². The third-order valence-electron chi connectivity index (χ3n) is 1.40. The van der Waals surface area contributed by atoms with E-state index in [1.54, 1.807) is 4.31 Å². The van der Waals surface area contributed by atoms with E-state index in [4.69, 9.17) is 24.4 Å². The molecule has 56 valence electrons. The van der Waals surface area contributed by atoms with Gasteiger partial charge in [0.25, 0.3) is 0 Å². The summed E-state index contributed by atoms with van der Waals surface area (Å²) in [6.45, 7) is 3.69. The maximum absolute atomic E-state index is 5.03. The molecule has 1 aliphatic heterocycles. The first-order valence-electron chi connectivity index (χ1n) is 2.97. The van der Waals surface area contributed by atoms with Crippen molar-refractivity contribution in [1.29, 1.82) is 0 Å². The molecule has 0 aromatic carbocycles. The second kappa shape index (κ2) is 3.02. The molecule has 1 heterocycles. The van der Waals surface area contributed by atoms with Gasteiger partial charge in [0.15, 0.2) is 5.11 Å². The van der Waals surface area contributed by atoms with Crippen molar-refractivity contribution >= 4 is 47.4 Å². The van der Waals surface area contributed by atoms with Gasteiger partial charge in [0.2, 0.25) is 0 Å². The van der Waals surface area contributed by atoms with Gasteiger partial charge in [-0.3, -0.25) is 4.31 Å². The molecule has 10 heavy (non-hydrogen) atoms. The molecule has 0 aromatic rings. The van der Waals surface area contributed by atoms with E-state index in [-0.39, 0.29) is 0 Å². The standard InChI is InChI=1S/C5H8N2S3/c1-2-6-3-4(8)7(10)5(6)9/h10H,2-3H2,1H3. The van der Waals surface area contributed by atoms with Gasteiger partial charge in [0.05, 0.1) is 6.54 Å². The van der Waals surface area contributed by atoms with Gasteiger partial charge in [-0.15, -0.1) is 0 Å². The summed E-state index contributed by atoms with van der Waals surface area (Å²) >= 11 is 14.1.